The average Bonchev–Trinajstić information content (AvgIpc) is 2.96. The van der Waals surface area contributed by atoms with Gasteiger partial charge in [-0.2, -0.15) is 0 Å². The number of rotatable bonds is 7. The molecule has 1 heterocycles. The summed E-state index contributed by atoms with van der Waals surface area (Å²) in [4.78, 5) is 12.5. The number of nitro benzene ring substituents is 1. The van der Waals surface area contributed by atoms with E-state index in [9.17, 15) is 14.5 Å². The van der Waals surface area contributed by atoms with Gasteiger partial charge in [-0.1, -0.05) is 0 Å². The molecule has 0 spiro atoms. The fourth-order valence-corrected chi connectivity index (χ4v) is 2.59. The van der Waals surface area contributed by atoms with Crippen molar-refractivity contribution in [3.8, 4) is 0 Å². The lowest BCUT2D eigenvalue weighted by atomic mass is 10.1. The van der Waals surface area contributed by atoms with Crippen LogP contribution in [-0.4, -0.2) is 44.3 Å². The van der Waals surface area contributed by atoms with Gasteiger partial charge >= 0.3 is 0 Å². The van der Waals surface area contributed by atoms with Gasteiger partial charge in [0, 0.05) is 38.4 Å². The van der Waals surface area contributed by atoms with Gasteiger partial charge in [0.05, 0.1) is 11.5 Å². The molecule has 0 aromatic heterocycles. The van der Waals surface area contributed by atoms with Gasteiger partial charge < -0.3 is 15.0 Å². The van der Waals surface area contributed by atoms with Crippen molar-refractivity contribution in [3.63, 3.8) is 0 Å². The first-order valence-electron chi connectivity index (χ1n) is 7.03. The van der Waals surface area contributed by atoms with E-state index >= 15 is 0 Å². The third kappa shape index (κ3) is 4.12. The van der Waals surface area contributed by atoms with E-state index in [1.165, 1.54) is 12.1 Å². The maximum atomic E-state index is 13.5. The number of anilines is 1. The molecule has 1 aromatic carbocycles. The molecule has 6 nitrogen and oxygen atoms in total. The lowest BCUT2D eigenvalue weighted by Gasteiger charge is -2.27. The number of nitrogens with one attached hydrogen (secondary N) is 1. The molecule has 116 valence electrons. The van der Waals surface area contributed by atoms with Crippen LogP contribution < -0.4 is 10.2 Å². The number of methoxy groups -OCH3 is 1. The Kier molecular flexibility index (Phi) is 5.46. The van der Waals surface area contributed by atoms with E-state index in [0.717, 1.165) is 25.5 Å². The molecule has 21 heavy (non-hydrogen) atoms. The molecular weight excluding hydrogens is 277 g/mol. The molecule has 1 aliphatic rings. The molecule has 0 amide bonds. The van der Waals surface area contributed by atoms with Crippen LogP contribution in [0.2, 0.25) is 0 Å². The number of nitro groups is 1. The SMILES string of the molecule is COCCN(CC1CCCN1)c1cc(F)ccc1[N+](=O)[O-]. The number of hydrogen-bond acceptors (Lipinski definition) is 5. The van der Waals surface area contributed by atoms with E-state index in [0.29, 0.717) is 25.4 Å². The zero-order valence-electron chi connectivity index (χ0n) is 12.0. The number of benzene rings is 1. The smallest absolute Gasteiger partial charge is 0.292 e. The average molecular weight is 297 g/mol. The van der Waals surface area contributed by atoms with Gasteiger partial charge in [0.2, 0.25) is 0 Å². The van der Waals surface area contributed by atoms with Gasteiger partial charge in [-0.25, -0.2) is 4.39 Å². The maximum absolute atomic E-state index is 13.5. The second-order valence-electron chi connectivity index (χ2n) is 5.12. The summed E-state index contributed by atoms with van der Waals surface area (Å²) in [5.41, 5.74) is 0.233. The third-order valence-electron chi connectivity index (χ3n) is 3.64. The Labute approximate surface area is 123 Å². The van der Waals surface area contributed by atoms with Crippen molar-refractivity contribution in [2.75, 3.05) is 38.3 Å². The number of hydrogen-bond donors (Lipinski definition) is 1. The van der Waals surface area contributed by atoms with Gasteiger partial charge in [0.1, 0.15) is 11.5 Å². The fraction of sp³-hybridized carbons (Fsp3) is 0.571. The van der Waals surface area contributed by atoms with Crippen LogP contribution in [0.3, 0.4) is 0 Å². The van der Waals surface area contributed by atoms with Crippen LogP contribution in [0.1, 0.15) is 12.8 Å². The number of halogens is 1. The van der Waals surface area contributed by atoms with Gasteiger partial charge in [0.25, 0.3) is 5.69 Å². The molecular formula is C14H20FN3O3. The second-order valence-corrected chi connectivity index (χ2v) is 5.12. The van der Waals surface area contributed by atoms with Crippen LogP contribution in [0.15, 0.2) is 18.2 Å². The van der Waals surface area contributed by atoms with E-state index in [1.54, 1.807) is 7.11 Å². The summed E-state index contributed by atoms with van der Waals surface area (Å²) >= 11 is 0. The Hall–Kier alpha value is -1.73. The Bertz CT molecular complexity index is 492. The van der Waals surface area contributed by atoms with E-state index in [4.69, 9.17) is 4.74 Å². The molecule has 7 heteroatoms. The van der Waals surface area contributed by atoms with Crippen molar-refractivity contribution in [1.29, 1.82) is 0 Å². The highest BCUT2D eigenvalue weighted by molar-refractivity contribution is 5.63. The first-order valence-corrected chi connectivity index (χ1v) is 7.03. The van der Waals surface area contributed by atoms with Gasteiger partial charge in [-0.15, -0.1) is 0 Å². The Balaban J connectivity index is 2.25. The van der Waals surface area contributed by atoms with Crippen LogP contribution in [0, 0.1) is 15.9 Å². The quantitative estimate of drug-likeness (QED) is 0.615. The predicted octanol–water partition coefficient (Wildman–Crippen LogP) is 1.94. The minimum Gasteiger partial charge on any atom is -0.383 e. The molecule has 1 aliphatic heterocycles. The molecule has 0 radical (unpaired) electrons. The molecule has 1 atom stereocenters. The van der Waals surface area contributed by atoms with Crippen LogP contribution in [0.25, 0.3) is 0 Å². The second kappa shape index (κ2) is 7.33. The standard InChI is InChI=1S/C14H20FN3O3/c1-21-8-7-17(10-12-3-2-6-16-12)14-9-11(15)4-5-13(14)18(19)20/h4-5,9,12,16H,2-3,6-8,10H2,1H3. The van der Waals surface area contributed by atoms with E-state index < -0.39 is 10.7 Å². The van der Waals surface area contributed by atoms with Crippen molar-refractivity contribution in [2.24, 2.45) is 0 Å². The molecule has 0 saturated carbocycles. The predicted molar refractivity (Wildman–Crippen MR) is 78.2 cm³/mol. The molecule has 1 N–H and O–H groups in total. The highest BCUT2D eigenvalue weighted by atomic mass is 19.1. The Morgan fingerprint density at radius 2 is 2.38 bits per heavy atom. The molecule has 1 saturated heterocycles. The summed E-state index contributed by atoms with van der Waals surface area (Å²) in [5, 5.41) is 14.5. The largest absolute Gasteiger partial charge is 0.383 e. The van der Waals surface area contributed by atoms with Crippen molar-refractivity contribution in [1.82, 2.24) is 5.32 Å². The van der Waals surface area contributed by atoms with Gasteiger partial charge in [-0.3, -0.25) is 10.1 Å². The maximum Gasteiger partial charge on any atom is 0.292 e. The first-order chi connectivity index (χ1) is 10.1. The molecule has 1 aromatic rings. The van der Waals surface area contributed by atoms with Crippen LogP contribution in [0.5, 0.6) is 0 Å². The summed E-state index contributed by atoms with van der Waals surface area (Å²) in [6, 6.07) is 3.82. The van der Waals surface area contributed by atoms with Crippen molar-refractivity contribution in [2.45, 2.75) is 18.9 Å². The molecule has 1 fully saturated rings. The first kappa shape index (κ1) is 15.7. The van der Waals surface area contributed by atoms with Crippen molar-refractivity contribution in [3.05, 3.63) is 34.1 Å². The van der Waals surface area contributed by atoms with E-state index in [2.05, 4.69) is 5.32 Å². The van der Waals surface area contributed by atoms with Gasteiger partial charge in [-0.05, 0) is 25.5 Å². The summed E-state index contributed by atoms with van der Waals surface area (Å²) in [6.07, 6.45) is 2.11. The zero-order chi connectivity index (χ0) is 15.2. The lowest BCUT2D eigenvalue weighted by molar-refractivity contribution is -0.384. The fourth-order valence-electron chi connectivity index (χ4n) is 2.59. The highest BCUT2D eigenvalue weighted by Gasteiger charge is 2.24. The van der Waals surface area contributed by atoms with Crippen LogP contribution in [-0.2, 0) is 4.74 Å². The van der Waals surface area contributed by atoms with Gasteiger partial charge in [0.15, 0.2) is 0 Å². The minimum absolute atomic E-state index is 0.0782. The summed E-state index contributed by atoms with van der Waals surface area (Å²) < 4.78 is 18.6. The number of ether oxygens (including phenoxy) is 1. The van der Waals surface area contributed by atoms with E-state index in [1.807, 2.05) is 4.90 Å². The minimum atomic E-state index is -0.476. The summed E-state index contributed by atoms with van der Waals surface area (Å²) in [6.45, 7) is 2.47. The molecule has 2 rings (SSSR count). The Morgan fingerprint density at radius 1 is 1.57 bits per heavy atom. The lowest BCUT2D eigenvalue weighted by Crippen LogP contribution is -2.39. The monoisotopic (exact) mass is 297 g/mol. The molecule has 0 aliphatic carbocycles. The zero-order valence-corrected chi connectivity index (χ0v) is 12.0. The molecule has 0 bridgehead atoms. The number of nitrogens with zero attached hydrogens (tertiary/aromatic N) is 2. The van der Waals surface area contributed by atoms with Crippen molar-refractivity contribution < 1.29 is 14.1 Å². The summed E-state index contributed by atoms with van der Waals surface area (Å²) in [5.74, 6) is -0.475. The molecule has 1 unspecified atom stereocenters. The topological polar surface area (TPSA) is 67.6 Å². The highest BCUT2D eigenvalue weighted by Crippen LogP contribution is 2.29. The third-order valence-corrected chi connectivity index (χ3v) is 3.64. The van der Waals surface area contributed by atoms with Crippen molar-refractivity contribution >= 4 is 11.4 Å². The Morgan fingerprint density at radius 3 is 3.00 bits per heavy atom. The normalized spacial score (nSPS) is 17.9. The van der Waals surface area contributed by atoms with Crippen LogP contribution in [0.4, 0.5) is 15.8 Å². The van der Waals surface area contributed by atoms with E-state index in [-0.39, 0.29) is 11.7 Å². The van der Waals surface area contributed by atoms with Crippen LogP contribution >= 0.6 is 0 Å². The summed E-state index contributed by atoms with van der Waals surface area (Å²) in [7, 11) is 1.58.